The number of hydrogen-bond acceptors (Lipinski definition) is 6. The van der Waals surface area contributed by atoms with Crippen molar-refractivity contribution in [2.24, 2.45) is 7.05 Å². The molecule has 2 N–H and O–H groups in total. The maximum Gasteiger partial charge on any atom is 0.329 e. The molecule has 1 amide bonds. The number of hydrogen-bond donors (Lipinski definition) is 1. The molecule has 7 nitrogen and oxygen atoms in total. The van der Waals surface area contributed by atoms with Crippen LogP contribution in [0.15, 0.2) is 0 Å². The Hall–Kier alpha value is -1.70. The van der Waals surface area contributed by atoms with E-state index >= 15 is 0 Å². The van der Waals surface area contributed by atoms with Crippen molar-refractivity contribution in [2.45, 2.75) is 19.9 Å². The lowest BCUT2D eigenvalue weighted by molar-refractivity contribution is -0.147. The minimum Gasteiger partial charge on any atom is -0.464 e. The van der Waals surface area contributed by atoms with Crippen LogP contribution >= 0.6 is 11.8 Å². The number of aromatic nitrogens is 2. The summed E-state index contributed by atoms with van der Waals surface area (Å²) < 4.78 is 6.53. The zero-order valence-electron chi connectivity index (χ0n) is 12.5. The number of aryl methyl sites for hydroxylation is 2. The summed E-state index contributed by atoms with van der Waals surface area (Å²) in [6, 6.07) is -0.564. The van der Waals surface area contributed by atoms with Crippen LogP contribution in [-0.4, -0.2) is 57.3 Å². The normalized spacial score (nSPS) is 18.6. The summed E-state index contributed by atoms with van der Waals surface area (Å²) in [7, 11) is 1.68. The van der Waals surface area contributed by atoms with Crippen LogP contribution in [0.5, 0.6) is 0 Å². The molecule has 8 heteroatoms. The standard InChI is InChI=1S/C13H20N4O3S/c1-4-20-13(19)9-7-21-6-5-17(9)12(18)11-10(14)8(2)15-16(11)3/h9H,4-7,14H2,1-3H3. The molecule has 2 rings (SSSR count). The zero-order valence-corrected chi connectivity index (χ0v) is 13.3. The second-order valence-corrected chi connectivity index (χ2v) is 5.96. The molecule has 2 heterocycles. The fourth-order valence-corrected chi connectivity index (χ4v) is 3.38. The van der Waals surface area contributed by atoms with Crippen LogP contribution in [0.2, 0.25) is 0 Å². The number of esters is 1. The Kier molecular flexibility index (Phi) is 4.76. The predicted molar refractivity (Wildman–Crippen MR) is 81.1 cm³/mol. The first-order valence-corrected chi connectivity index (χ1v) is 7.97. The average molecular weight is 312 g/mol. The summed E-state index contributed by atoms with van der Waals surface area (Å²) in [5.41, 5.74) is 7.24. The first-order valence-electron chi connectivity index (χ1n) is 6.81. The van der Waals surface area contributed by atoms with Crippen molar-refractivity contribution in [2.75, 3.05) is 30.4 Å². The summed E-state index contributed by atoms with van der Waals surface area (Å²) in [6.07, 6.45) is 0. The smallest absolute Gasteiger partial charge is 0.329 e. The molecule has 1 aliphatic rings. The molecule has 0 spiro atoms. The van der Waals surface area contributed by atoms with Gasteiger partial charge in [0.05, 0.1) is 18.0 Å². The van der Waals surface area contributed by atoms with Gasteiger partial charge in [0, 0.05) is 25.1 Å². The van der Waals surface area contributed by atoms with Crippen LogP contribution in [0.3, 0.4) is 0 Å². The number of thioether (sulfide) groups is 1. The molecule has 1 aromatic heterocycles. The lowest BCUT2D eigenvalue weighted by Gasteiger charge is -2.33. The van der Waals surface area contributed by atoms with Crippen molar-refractivity contribution in [1.82, 2.24) is 14.7 Å². The SMILES string of the molecule is CCOC(=O)C1CSCCN1C(=O)c1c(N)c(C)nn1C. The van der Waals surface area contributed by atoms with E-state index in [4.69, 9.17) is 10.5 Å². The second kappa shape index (κ2) is 6.38. The van der Waals surface area contributed by atoms with Crippen LogP contribution in [0.1, 0.15) is 23.1 Å². The number of anilines is 1. The second-order valence-electron chi connectivity index (χ2n) is 4.81. The van der Waals surface area contributed by atoms with Crippen molar-refractivity contribution >= 4 is 29.3 Å². The molecule has 1 saturated heterocycles. The summed E-state index contributed by atoms with van der Waals surface area (Å²) in [5, 5.41) is 4.16. The Labute approximate surface area is 127 Å². The highest BCUT2D eigenvalue weighted by atomic mass is 32.2. The average Bonchev–Trinajstić information content (AvgIpc) is 2.72. The predicted octanol–water partition coefficient (Wildman–Crippen LogP) is 0.431. The van der Waals surface area contributed by atoms with Crippen LogP contribution < -0.4 is 5.73 Å². The van der Waals surface area contributed by atoms with E-state index in [1.165, 1.54) is 4.68 Å². The topological polar surface area (TPSA) is 90.4 Å². The number of amides is 1. The number of nitrogen functional groups attached to an aromatic ring is 1. The third-order valence-electron chi connectivity index (χ3n) is 3.42. The van der Waals surface area contributed by atoms with Gasteiger partial charge in [0.25, 0.3) is 5.91 Å². The first-order chi connectivity index (χ1) is 9.97. The van der Waals surface area contributed by atoms with Gasteiger partial charge in [-0.2, -0.15) is 16.9 Å². The molecule has 1 aliphatic heterocycles. The minimum absolute atomic E-state index is 0.269. The van der Waals surface area contributed by atoms with E-state index in [1.807, 2.05) is 0 Å². The Bertz CT molecular complexity index is 558. The third kappa shape index (κ3) is 2.99. The van der Waals surface area contributed by atoms with Gasteiger partial charge in [-0.05, 0) is 13.8 Å². The van der Waals surface area contributed by atoms with Crippen LogP contribution in [0, 0.1) is 6.92 Å². The molecule has 116 valence electrons. The molecule has 1 unspecified atom stereocenters. The Morgan fingerprint density at radius 1 is 1.52 bits per heavy atom. The van der Waals surface area contributed by atoms with Crippen molar-refractivity contribution in [3.05, 3.63) is 11.4 Å². The molecule has 1 atom stereocenters. The van der Waals surface area contributed by atoms with Gasteiger partial charge in [0.15, 0.2) is 0 Å². The van der Waals surface area contributed by atoms with Gasteiger partial charge in [-0.25, -0.2) is 4.79 Å². The van der Waals surface area contributed by atoms with Gasteiger partial charge in [0.2, 0.25) is 0 Å². The number of nitrogens with two attached hydrogens (primary N) is 1. The van der Waals surface area contributed by atoms with Gasteiger partial charge in [-0.1, -0.05) is 0 Å². The summed E-state index contributed by atoms with van der Waals surface area (Å²) in [4.78, 5) is 26.3. The molecule has 0 radical (unpaired) electrons. The fraction of sp³-hybridized carbons (Fsp3) is 0.615. The van der Waals surface area contributed by atoms with Gasteiger partial charge in [-0.3, -0.25) is 9.48 Å². The van der Waals surface area contributed by atoms with E-state index in [-0.39, 0.29) is 11.9 Å². The number of ether oxygens (including phenoxy) is 1. The monoisotopic (exact) mass is 312 g/mol. The van der Waals surface area contributed by atoms with Crippen LogP contribution in [0.25, 0.3) is 0 Å². The van der Waals surface area contributed by atoms with E-state index in [2.05, 4.69) is 5.10 Å². The number of nitrogens with zero attached hydrogens (tertiary/aromatic N) is 3. The van der Waals surface area contributed by atoms with Gasteiger partial charge >= 0.3 is 5.97 Å². The highest BCUT2D eigenvalue weighted by Gasteiger charge is 2.36. The zero-order chi connectivity index (χ0) is 15.6. The summed E-state index contributed by atoms with van der Waals surface area (Å²) in [6.45, 7) is 4.30. The van der Waals surface area contributed by atoms with E-state index in [9.17, 15) is 9.59 Å². The summed E-state index contributed by atoms with van der Waals surface area (Å²) >= 11 is 1.64. The summed E-state index contributed by atoms with van der Waals surface area (Å²) in [5.74, 6) is 0.698. The molecular weight excluding hydrogens is 292 g/mol. The van der Waals surface area contributed by atoms with Crippen LogP contribution in [-0.2, 0) is 16.6 Å². The maximum atomic E-state index is 12.7. The lowest BCUT2D eigenvalue weighted by atomic mass is 10.2. The minimum atomic E-state index is -0.564. The Morgan fingerprint density at radius 2 is 2.24 bits per heavy atom. The number of carbonyl (C=O) groups is 2. The maximum absolute atomic E-state index is 12.7. The molecule has 0 saturated carbocycles. The van der Waals surface area contributed by atoms with Gasteiger partial charge in [-0.15, -0.1) is 0 Å². The molecule has 0 bridgehead atoms. The fourth-order valence-electron chi connectivity index (χ4n) is 2.34. The molecule has 21 heavy (non-hydrogen) atoms. The Morgan fingerprint density at radius 3 is 2.81 bits per heavy atom. The number of carbonyl (C=O) groups excluding carboxylic acids is 2. The van der Waals surface area contributed by atoms with E-state index in [1.54, 1.807) is 37.6 Å². The third-order valence-corrected chi connectivity index (χ3v) is 4.44. The lowest BCUT2D eigenvalue weighted by Crippen LogP contribution is -2.51. The van der Waals surface area contributed by atoms with Crippen molar-refractivity contribution in [1.29, 1.82) is 0 Å². The van der Waals surface area contributed by atoms with E-state index < -0.39 is 6.04 Å². The first kappa shape index (κ1) is 15.7. The largest absolute Gasteiger partial charge is 0.464 e. The molecule has 1 aromatic rings. The molecular formula is C13H20N4O3S. The number of rotatable bonds is 3. The Balaban J connectivity index is 2.28. The quantitative estimate of drug-likeness (QED) is 0.814. The van der Waals surface area contributed by atoms with E-state index in [0.717, 1.165) is 5.75 Å². The molecule has 0 aromatic carbocycles. The van der Waals surface area contributed by atoms with E-state index in [0.29, 0.717) is 36.0 Å². The molecule has 1 fully saturated rings. The van der Waals surface area contributed by atoms with Crippen LogP contribution in [0.4, 0.5) is 5.69 Å². The van der Waals surface area contributed by atoms with Crippen molar-refractivity contribution < 1.29 is 14.3 Å². The van der Waals surface area contributed by atoms with Crippen molar-refractivity contribution in [3.8, 4) is 0 Å². The highest BCUT2D eigenvalue weighted by Crippen LogP contribution is 2.23. The van der Waals surface area contributed by atoms with Crippen molar-refractivity contribution in [3.63, 3.8) is 0 Å². The van der Waals surface area contributed by atoms with Gasteiger partial charge in [0.1, 0.15) is 11.7 Å². The van der Waals surface area contributed by atoms with Gasteiger partial charge < -0.3 is 15.4 Å². The highest BCUT2D eigenvalue weighted by molar-refractivity contribution is 7.99. The molecule has 0 aliphatic carbocycles.